The van der Waals surface area contributed by atoms with Crippen LogP contribution in [-0.4, -0.2) is 34.9 Å². The summed E-state index contributed by atoms with van der Waals surface area (Å²) in [5.41, 5.74) is 2.66. The van der Waals surface area contributed by atoms with Gasteiger partial charge in [0.25, 0.3) is 5.91 Å². The van der Waals surface area contributed by atoms with Crippen LogP contribution in [0.2, 0.25) is 0 Å². The lowest BCUT2D eigenvalue weighted by atomic mass is 10.2. The second-order valence-corrected chi connectivity index (χ2v) is 6.20. The van der Waals surface area contributed by atoms with E-state index in [-0.39, 0.29) is 17.4 Å². The molecular formula is C19H20N2O4. The first kappa shape index (κ1) is 17.0. The van der Waals surface area contributed by atoms with E-state index in [0.29, 0.717) is 12.1 Å². The van der Waals surface area contributed by atoms with Crippen molar-refractivity contribution in [2.45, 2.75) is 26.4 Å². The van der Waals surface area contributed by atoms with E-state index in [1.54, 1.807) is 25.1 Å². The number of nitrogens with zero attached hydrogens (tertiary/aromatic N) is 2. The predicted octanol–water partition coefficient (Wildman–Crippen LogP) is 2.36. The molecule has 1 atom stereocenters. The number of hydrogen-bond donors (Lipinski definition) is 0. The molecule has 2 aromatic rings. The molecule has 1 aliphatic heterocycles. The number of esters is 1. The third kappa shape index (κ3) is 3.20. The highest BCUT2D eigenvalue weighted by Crippen LogP contribution is 2.28. The van der Waals surface area contributed by atoms with E-state index < -0.39 is 12.1 Å². The lowest BCUT2D eigenvalue weighted by Crippen LogP contribution is -2.39. The zero-order valence-electron chi connectivity index (χ0n) is 14.5. The minimum atomic E-state index is -0.908. The van der Waals surface area contributed by atoms with Crippen LogP contribution < -0.4 is 4.90 Å². The van der Waals surface area contributed by atoms with Crippen molar-refractivity contribution in [2.75, 3.05) is 11.4 Å². The van der Waals surface area contributed by atoms with Gasteiger partial charge in [-0.2, -0.15) is 0 Å². The number of ether oxygens (including phenoxy) is 1. The molecule has 0 bridgehead atoms. The Morgan fingerprint density at radius 3 is 2.60 bits per heavy atom. The number of carbonyl (C=O) groups is 3. The van der Waals surface area contributed by atoms with Crippen LogP contribution in [0.5, 0.6) is 0 Å². The van der Waals surface area contributed by atoms with Crippen LogP contribution in [0.1, 0.15) is 40.3 Å². The van der Waals surface area contributed by atoms with Crippen molar-refractivity contribution in [1.29, 1.82) is 0 Å². The lowest BCUT2D eigenvalue weighted by molar-refractivity contribution is -0.126. The van der Waals surface area contributed by atoms with Crippen molar-refractivity contribution in [3.8, 4) is 0 Å². The second kappa shape index (κ2) is 6.55. The van der Waals surface area contributed by atoms with Gasteiger partial charge in [-0.05, 0) is 38.0 Å². The first-order chi connectivity index (χ1) is 11.9. The maximum absolute atomic E-state index is 12.7. The van der Waals surface area contributed by atoms with Gasteiger partial charge in [-0.15, -0.1) is 0 Å². The lowest BCUT2D eigenvalue weighted by Gasteiger charge is -2.21. The number of benzene rings is 1. The molecule has 6 nitrogen and oxygen atoms in total. The highest BCUT2D eigenvalue weighted by molar-refractivity contribution is 6.01. The molecule has 0 unspecified atom stereocenters. The quantitative estimate of drug-likeness (QED) is 0.633. The summed E-state index contributed by atoms with van der Waals surface area (Å²) in [6.45, 7) is 3.58. The molecule has 1 aromatic heterocycles. The van der Waals surface area contributed by atoms with Gasteiger partial charge in [0.15, 0.2) is 11.9 Å². The van der Waals surface area contributed by atoms with Crippen molar-refractivity contribution in [2.24, 2.45) is 7.05 Å². The van der Waals surface area contributed by atoms with E-state index in [2.05, 4.69) is 0 Å². The summed E-state index contributed by atoms with van der Waals surface area (Å²) in [6.07, 6.45) is 1.46. The number of anilines is 1. The zero-order chi connectivity index (χ0) is 18.1. The average molecular weight is 340 g/mol. The molecule has 0 N–H and O–H groups in total. The number of ketones is 1. The van der Waals surface area contributed by atoms with Gasteiger partial charge in [0.2, 0.25) is 0 Å². The molecule has 130 valence electrons. The first-order valence-corrected chi connectivity index (χ1v) is 8.16. The molecule has 6 heteroatoms. The Hall–Kier alpha value is -2.89. The smallest absolute Gasteiger partial charge is 0.355 e. The minimum absolute atomic E-state index is 0.132. The van der Waals surface area contributed by atoms with Crippen LogP contribution >= 0.6 is 0 Å². The van der Waals surface area contributed by atoms with Gasteiger partial charge in [-0.1, -0.05) is 18.2 Å². The average Bonchev–Trinajstić information content (AvgIpc) is 3.17. The number of carbonyl (C=O) groups excluding carboxylic acids is 3. The van der Waals surface area contributed by atoms with E-state index >= 15 is 0 Å². The number of Topliss-reactive ketones (excluding diaryl/α,β-unsaturated/α-hetero) is 1. The Morgan fingerprint density at radius 2 is 1.92 bits per heavy atom. The topological polar surface area (TPSA) is 68.6 Å². The summed E-state index contributed by atoms with van der Waals surface area (Å²) in [6, 6.07) is 9.19. The van der Waals surface area contributed by atoms with Crippen LogP contribution in [-0.2, 0) is 23.0 Å². The van der Waals surface area contributed by atoms with Crippen molar-refractivity contribution in [1.82, 2.24) is 4.57 Å². The van der Waals surface area contributed by atoms with Crippen LogP contribution in [0.4, 0.5) is 5.69 Å². The van der Waals surface area contributed by atoms with Gasteiger partial charge in [-0.25, -0.2) is 4.79 Å². The molecule has 2 heterocycles. The molecule has 0 aliphatic carbocycles. The normalized spacial score (nSPS) is 14.1. The Balaban J connectivity index is 1.72. The maximum Gasteiger partial charge on any atom is 0.355 e. The van der Waals surface area contributed by atoms with Crippen molar-refractivity contribution < 1.29 is 19.1 Å². The van der Waals surface area contributed by atoms with E-state index in [0.717, 1.165) is 17.7 Å². The number of hydrogen-bond acceptors (Lipinski definition) is 4. The summed E-state index contributed by atoms with van der Waals surface area (Å²) >= 11 is 0. The van der Waals surface area contributed by atoms with Crippen molar-refractivity contribution in [3.63, 3.8) is 0 Å². The summed E-state index contributed by atoms with van der Waals surface area (Å²) in [5.74, 6) is -1.00. The molecule has 0 fully saturated rings. The molecule has 0 spiro atoms. The standard InChI is InChI=1S/C19H20N2O4/c1-12(22)15-10-17(20(3)11-15)19(24)25-13(2)18(23)21-9-8-14-6-4-5-7-16(14)21/h4-7,10-11,13H,8-9H2,1-3H3/t13-/m0/s1. The third-order valence-corrected chi connectivity index (χ3v) is 4.41. The van der Waals surface area contributed by atoms with Gasteiger partial charge >= 0.3 is 5.97 Å². The number of aryl methyl sites for hydroxylation is 1. The Labute approximate surface area is 146 Å². The first-order valence-electron chi connectivity index (χ1n) is 8.16. The fourth-order valence-corrected chi connectivity index (χ4v) is 3.02. The molecule has 25 heavy (non-hydrogen) atoms. The van der Waals surface area contributed by atoms with Crippen LogP contribution in [0, 0.1) is 0 Å². The van der Waals surface area contributed by atoms with E-state index in [1.807, 2.05) is 24.3 Å². The Bertz CT molecular complexity index is 853. The molecule has 1 aliphatic rings. The fraction of sp³-hybridized carbons (Fsp3) is 0.316. The maximum atomic E-state index is 12.7. The number of aromatic nitrogens is 1. The van der Waals surface area contributed by atoms with E-state index in [4.69, 9.17) is 4.74 Å². The van der Waals surface area contributed by atoms with E-state index in [9.17, 15) is 14.4 Å². The predicted molar refractivity (Wildman–Crippen MR) is 92.8 cm³/mol. The number of fused-ring (bicyclic) bond motifs is 1. The van der Waals surface area contributed by atoms with Crippen LogP contribution in [0.15, 0.2) is 36.5 Å². The zero-order valence-corrected chi connectivity index (χ0v) is 14.5. The van der Waals surface area contributed by atoms with Gasteiger partial charge < -0.3 is 14.2 Å². The Morgan fingerprint density at radius 1 is 1.20 bits per heavy atom. The van der Waals surface area contributed by atoms with Gasteiger partial charge in [0, 0.05) is 31.0 Å². The van der Waals surface area contributed by atoms with Crippen molar-refractivity contribution in [3.05, 3.63) is 53.3 Å². The minimum Gasteiger partial charge on any atom is -0.448 e. The molecular weight excluding hydrogens is 320 g/mol. The molecule has 0 saturated carbocycles. The van der Waals surface area contributed by atoms with Gasteiger partial charge in [-0.3, -0.25) is 9.59 Å². The summed E-state index contributed by atoms with van der Waals surface area (Å²) in [5, 5.41) is 0. The molecule has 0 radical (unpaired) electrons. The summed E-state index contributed by atoms with van der Waals surface area (Å²) < 4.78 is 6.87. The van der Waals surface area contributed by atoms with Crippen LogP contribution in [0.25, 0.3) is 0 Å². The SMILES string of the molecule is CC(=O)c1cc(C(=O)O[C@@H](C)C(=O)N2CCc3ccccc32)n(C)c1. The largest absolute Gasteiger partial charge is 0.448 e. The second-order valence-electron chi connectivity index (χ2n) is 6.20. The number of para-hydroxylation sites is 1. The fourth-order valence-electron chi connectivity index (χ4n) is 3.02. The highest BCUT2D eigenvalue weighted by Gasteiger charge is 2.30. The third-order valence-electron chi connectivity index (χ3n) is 4.41. The van der Waals surface area contributed by atoms with E-state index in [1.165, 1.54) is 17.6 Å². The van der Waals surface area contributed by atoms with Gasteiger partial charge in [0.05, 0.1) is 0 Å². The Kier molecular flexibility index (Phi) is 4.44. The molecule has 3 rings (SSSR count). The molecule has 1 amide bonds. The summed E-state index contributed by atoms with van der Waals surface area (Å²) in [7, 11) is 1.66. The van der Waals surface area contributed by atoms with Gasteiger partial charge in [0.1, 0.15) is 5.69 Å². The summed E-state index contributed by atoms with van der Waals surface area (Å²) in [4.78, 5) is 38.1. The number of rotatable bonds is 4. The van der Waals surface area contributed by atoms with Crippen molar-refractivity contribution >= 4 is 23.3 Å². The number of amides is 1. The molecule has 0 saturated heterocycles. The van der Waals surface area contributed by atoms with Crippen LogP contribution in [0.3, 0.4) is 0 Å². The monoisotopic (exact) mass is 340 g/mol. The molecule has 1 aromatic carbocycles. The highest BCUT2D eigenvalue weighted by atomic mass is 16.5.